The van der Waals surface area contributed by atoms with E-state index in [1.165, 1.54) is 0 Å². The highest BCUT2D eigenvalue weighted by atomic mass is 19.4. The molecule has 2 rings (SSSR count). The van der Waals surface area contributed by atoms with Crippen molar-refractivity contribution in [3.8, 4) is 0 Å². The molecule has 8 heteroatoms. The van der Waals surface area contributed by atoms with E-state index in [0.717, 1.165) is 24.0 Å². The number of ether oxygens (including phenoxy) is 1. The van der Waals surface area contributed by atoms with E-state index >= 15 is 0 Å². The first-order valence-corrected chi connectivity index (χ1v) is 12.7. The highest BCUT2D eigenvalue weighted by Gasteiger charge is 2.39. The molecule has 0 saturated heterocycles. The van der Waals surface area contributed by atoms with Gasteiger partial charge < -0.3 is 15.2 Å². The zero-order chi connectivity index (χ0) is 26.4. The van der Waals surface area contributed by atoms with Crippen LogP contribution in [0.25, 0.3) is 0 Å². The lowest BCUT2D eigenvalue weighted by Crippen LogP contribution is -2.55. The topological polar surface area (TPSA) is 75.6 Å². The number of nitrogens with one attached hydrogen (secondary N) is 1. The van der Waals surface area contributed by atoms with Crippen molar-refractivity contribution in [2.24, 2.45) is 11.8 Å². The molecule has 198 valence electrons. The molecule has 2 aliphatic carbocycles. The van der Waals surface area contributed by atoms with E-state index in [0.29, 0.717) is 43.4 Å². The van der Waals surface area contributed by atoms with Crippen molar-refractivity contribution in [3.63, 3.8) is 0 Å². The van der Waals surface area contributed by atoms with Crippen LogP contribution in [0.3, 0.4) is 0 Å². The number of ketones is 1. The summed E-state index contributed by atoms with van der Waals surface area (Å²) >= 11 is 0. The standard InChI is InChI=1S/C27H40F3NO4/c1-6-17(4)24(33)26(7-2,8-3)31-25(34)20-12-13-21(19-10-11-19)22(14-9-18(20)5)35-16-15-23(32)27(28,29)30/h12-13,17,19,23,32H,6-11,14-16H2,1-5H3,(H,31,34). The van der Waals surface area contributed by atoms with Crippen molar-refractivity contribution in [2.45, 2.75) is 104 Å². The van der Waals surface area contributed by atoms with Gasteiger partial charge in [0.15, 0.2) is 11.9 Å². The second kappa shape index (κ2) is 12.2. The summed E-state index contributed by atoms with van der Waals surface area (Å²) in [4.78, 5) is 26.5. The molecule has 0 aliphatic heterocycles. The summed E-state index contributed by atoms with van der Waals surface area (Å²) in [6.07, 6.45) is 0.563. The average molecular weight is 500 g/mol. The van der Waals surface area contributed by atoms with Crippen LogP contribution in [0, 0.1) is 11.8 Å². The molecular weight excluding hydrogens is 459 g/mol. The van der Waals surface area contributed by atoms with E-state index < -0.39 is 24.2 Å². The molecule has 0 bridgehead atoms. The number of allylic oxidation sites excluding steroid dienone is 4. The van der Waals surface area contributed by atoms with Crippen LogP contribution in [0.15, 0.2) is 34.6 Å². The predicted octanol–water partition coefficient (Wildman–Crippen LogP) is 5.94. The molecule has 0 heterocycles. The number of hydrogen-bond acceptors (Lipinski definition) is 4. The number of amides is 1. The molecule has 2 aliphatic rings. The Morgan fingerprint density at radius 3 is 2.29 bits per heavy atom. The largest absolute Gasteiger partial charge is 0.498 e. The molecule has 0 aromatic carbocycles. The van der Waals surface area contributed by atoms with Gasteiger partial charge in [-0.15, -0.1) is 0 Å². The van der Waals surface area contributed by atoms with Gasteiger partial charge in [0.05, 0.1) is 17.9 Å². The first-order valence-electron chi connectivity index (χ1n) is 12.7. The lowest BCUT2D eigenvalue weighted by Gasteiger charge is -2.34. The van der Waals surface area contributed by atoms with Gasteiger partial charge in [-0.05, 0) is 63.0 Å². The Kier molecular flexibility index (Phi) is 10.2. The first kappa shape index (κ1) is 29.1. The van der Waals surface area contributed by atoms with Gasteiger partial charge in [-0.2, -0.15) is 13.2 Å². The monoisotopic (exact) mass is 499 g/mol. The Morgan fingerprint density at radius 1 is 1.14 bits per heavy atom. The quantitative estimate of drug-likeness (QED) is 0.349. The molecule has 2 atom stereocenters. The van der Waals surface area contributed by atoms with Crippen molar-refractivity contribution in [1.82, 2.24) is 5.32 Å². The van der Waals surface area contributed by atoms with Gasteiger partial charge in [0.1, 0.15) is 0 Å². The number of aliphatic hydroxyl groups is 1. The molecule has 0 spiro atoms. The predicted molar refractivity (Wildman–Crippen MR) is 129 cm³/mol. The third kappa shape index (κ3) is 7.45. The van der Waals surface area contributed by atoms with E-state index in [-0.39, 0.29) is 30.1 Å². The van der Waals surface area contributed by atoms with E-state index in [9.17, 15) is 27.9 Å². The van der Waals surface area contributed by atoms with Gasteiger partial charge in [-0.1, -0.05) is 39.3 Å². The fourth-order valence-corrected chi connectivity index (χ4v) is 4.41. The van der Waals surface area contributed by atoms with Gasteiger partial charge in [0.25, 0.3) is 5.91 Å². The number of rotatable bonds is 12. The third-order valence-electron chi connectivity index (χ3n) is 7.34. The maximum atomic E-state index is 13.4. The van der Waals surface area contributed by atoms with Gasteiger partial charge >= 0.3 is 6.18 Å². The Bertz CT molecular complexity index is 864. The molecule has 0 aromatic rings. The average Bonchev–Trinajstić information content (AvgIpc) is 3.64. The van der Waals surface area contributed by atoms with Crippen LogP contribution in [0.4, 0.5) is 13.2 Å². The van der Waals surface area contributed by atoms with Crippen LogP contribution >= 0.6 is 0 Å². The molecule has 1 saturated carbocycles. The number of hydrogen-bond donors (Lipinski definition) is 2. The fraction of sp³-hybridized carbons (Fsp3) is 0.704. The van der Waals surface area contributed by atoms with Crippen molar-refractivity contribution < 1.29 is 32.6 Å². The van der Waals surface area contributed by atoms with Crippen LogP contribution < -0.4 is 5.32 Å². The Labute approximate surface area is 206 Å². The minimum Gasteiger partial charge on any atom is -0.498 e. The van der Waals surface area contributed by atoms with Crippen LogP contribution in [-0.4, -0.2) is 41.2 Å². The molecular formula is C27H40F3NO4. The summed E-state index contributed by atoms with van der Waals surface area (Å²) in [5, 5.41) is 12.3. The van der Waals surface area contributed by atoms with E-state index in [2.05, 4.69) is 5.32 Å². The second-order valence-electron chi connectivity index (χ2n) is 9.79. The molecule has 1 amide bonds. The smallest absolute Gasteiger partial charge is 0.414 e. The Morgan fingerprint density at radius 2 is 1.77 bits per heavy atom. The summed E-state index contributed by atoms with van der Waals surface area (Å²) in [5.41, 5.74) is 1.32. The van der Waals surface area contributed by atoms with Crippen molar-refractivity contribution in [1.29, 1.82) is 0 Å². The lowest BCUT2D eigenvalue weighted by molar-refractivity contribution is -0.207. The summed E-state index contributed by atoms with van der Waals surface area (Å²) < 4.78 is 43.6. The first-order chi connectivity index (χ1) is 16.4. The van der Waals surface area contributed by atoms with Crippen LogP contribution in [0.2, 0.25) is 0 Å². The highest BCUT2D eigenvalue weighted by molar-refractivity contribution is 6.02. The number of alkyl halides is 3. The minimum atomic E-state index is -4.66. The zero-order valence-electron chi connectivity index (χ0n) is 21.6. The van der Waals surface area contributed by atoms with Crippen molar-refractivity contribution >= 4 is 11.7 Å². The van der Waals surface area contributed by atoms with E-state index in [1.807, 2.05) is 40.7 Å². The number of Topliss-reactive ketones (excluding diaryl/α,β-unsaturated/α-hetero) is 1. The molecule has 2 unspecified atom stereocenters. The third-order valence-corrected chi connectivity index (χ3v) is 7.34. The summed E-state index contributed by atoms with van der Waals surface area (Å²) in [6, 6.07) is 0. The maximum absolute atomic E-state index is 13.4. The van der Waals surface area contributed by atoms with Crippen molar-refractivity contribution in [2.75, 3.05) is 6.61 Å². The molecule has 35 heavy (non-hydrogen) atoms. The van der Waals surface area contributed by atoms with E-state index in [4.69, 9.17) is 4.74 Å². The lowest BCUT2D eigenvalue weighted by atomic mass is 9.80. The zero-order valence-corrected chi connectivity index (χ0v) is 21.6. The van der Waals surface area contributed by atoms with Crippen LogP contribution in [-0.2, 0) is 14.3 Å². The van der Waals surface area contributed by atoms with Crippen LogP contribution in [0.1, 0.15) is 86.0 Å². The minimum absolute atomic E-state index is 0.0433. The van der Waals surface area contributed by atoms with Crippen LogP contribution in [0.5, 0.6) is 0 Å². The molecule has 0 radical (unpaired) electrons. The Hall–Kier alpha value is -2.09. The van der Waals surface area contributed by atoms with Gasteiger partial charge in [-0.25, -0.2) is 0 Å². The van der Waals surface area contributed by atoms with Gasteiger partial charge in [0.2, 0.25) is 0 Å². The van der Waals surface area contributed by atoms with E-state index in [1.54, 1.807) is 6.08 Å². The highest BCUT2D eigenvalue weighted by Crippen LogP contribution is 2.41. The summed E-state index contributed by atoms with van der Waals surface area (Å²) in [7, 11) is 0. The number of aliphatic hydroxyl groups excluding tert-OH is 1. The SMILES string of the molecule is CCC(C)C(=O)C(CC)(CC)NC(=O)C1=C(C)CCC(OCCC(O)C(F)(F)F)=C(C2CC2)C=C1. The number of carbonyl (C=O) groups excluding carboxylic acids is 2. The maximum Gasteiger partial charge on any atom is 0.414 e. The summed E-state index contributed by atoms with van der Waals surface area (Å²) in [5.74, 6) is 0.487. The Balaban J connectivity index is 2.23. The fourth-order valence-electron chi connectivity index (χ4n) is 4.41. The molecule has 2 N–H and O–H groups in total. The van der Waals surface area contributed by atoms with Gasteiger partial charge in [0, 0.05) is 24.3 Å². The normalized spacial score (nSPS) is 19.2. The second-order valence-corrected chi connectivity index (χ2v) is 9.79. The molecule has 5 nitrogen and oxygen atoms in total. The number of halogens is 3. The van der Waals surface area contributed by atoms with Gasteiger partial charge in [-0.3, -0.25) is 9.59 Å². The number of carbonyl (C=O) groups is 2. The molecule has 0 aromatic heterocycles. The molecule has 1 fully saturated rings. The van der Waals surface area contributed by atoms with Crippen molar-refractivity contribution in [3.05, 3.63) is 34.6 Å². The summed E-state index contributed by atoms with van der Waals surface area (Å²) in [6.45, 7) is 9.28.